The number of rotatable bonds is 2. The van der Waals surface area contributed by atoms with E-state index in [-0.39, 0.29) is 33.6 Å². The van der Waals surface area contributed by atoms with E-state index < -0.39 is 35.3 Å². The predicted octanol–water partition coefficient (Wildman–Crippen LogP) is 3.57. The first-order valence-corrected chi connectivity index (χ1v) is 8.85. The maximum Gasteiger partial charge on any atom is 0.269 e. The van der Waals surface area contributed by atoms with Crippen LogP contribution in [0.3, 0.4) is 0 Å². The fourth-order valence-corrected chi connectivity index (χ4v) is 3.71. The Morgan fingerprint density at radius 2 is 0.867 bits per heavy atom. The van der Waals surface area contributed by atoms with Gasteiger partial charge in [-0.3, -0.25) is 19.2 Å². The molecule has 0 atom stereocenters. The highest BCUT2D eigenvalue weighted by Gasteiger charge is 2.40. The fraction of sp³-hybridized carbons (Fsp3) is 0. The molecule has 2 aliphatic rings. The van der Waals surface area contributed by atoms with Gasteiger partial charge in [-0.15, -0.1) is 0 Å². The molecule has 0 bridgehead atoms. The van der Waals surface area contributed by atoms with E-state index in [1.807, 2.05) is 0 Å². The molecule has 8 heteroatoms. The van der Waals surface area contributed by atoms with Gasteiger partial charge in [0.05, 0.1) is 33.6 Å². The lowest BCUT2D eigenvalue weighted by atomic mass is 10.1. The molecule has 0 radical (unpaired) electrons. The first-order chi connectivity index (χ1) is 14.4. The predicted molar refractivity (Wildman–Crippen MR) is 102 cm³/mol. The Labute approximate surface area is 167 Å². The molecule has 6 nitrogen and oxygen atoms in total. The molecule has 30 heavy (non-hydrogen) atoms. The lowest BCUT2D eigenvalue weighted by Gasteiger charge is -2.17. The molecule has 0 saturated carbocycles. The van der Waals surface area contributed by atoms with Crippen molar-refractivity contribution < 1.29 is 28.0 Å². The normalized spacial score (nSPS) is 15.1. The molecule has 0 aliphatic carbocycles. The largest absolute Gasteiger partial charge is 0.269 e. The Hall–Kier alpha value is -4.20. The first kappa shape index (κ1) is 17.9. The molecule has 146 valence electrons. The molecule has 2 aliphatic heterocycles. The van der Waals surface area contributed by atoms with E-state index in [1.165, 1.54) is 48.5 Å². The second-order valence-electron chi connectivity index (χ2n) is 6.73. The molecule has 3 aromatic rings. The molecule has 2 heterocycles. The number of imide groups is 2. The van der Waals surface area contributed by atoms with Crippen LogP contribution in [-0.2, 0) is 0 Å². The molecule has 0 unspecified atom stereocenters. The highest BCUT2D eigenvalue weighted by molar-refractivity contribution is 6.35. The van der Waals surface area contributed by atoms with Crippen molar-refractivity contribution in [3.8, 4) is 0 Å². The first-order valence-electron chi connectivity index (χ1n) is 8.85. The zero-order valence-electron chi connectivity index (χ0n) is 15.1. The highest BCUT2D eigenvalue weighted by atomic mass is 19.1. The van der Waals surface area contributed by atoms with E-state index >= 15 is 0 Å². The third kappa shape index (κ3) is 2.27. The molecule has 0 aromatic heterocycles. The lowest BCUT2D eigenvalue weighted by Crippen LogP contribution is -2.31. The minimum Gasteiger partial charge on any atom is -0.268 e. The van der Waals surface area contributed by atoms with Crippen LogP contribution in [0.5, 0.6) is 0 Å². The molecular formula is C22H10F2N2O4. The zero-order chi connectivity index (χ0) is 21.2. The molecular weight excluding hydrogens is 394 g/mol. The van der Waals surface area contributed by atoms with E-state index in [4.69, 9.17) is 0 Å². The molecule has 0 spiro atoms. The standard InChI is InChI=1S/C22H10F2N2O4/c23-15-5-1-3-13-17(15)21(29)25(19(13)27)11-7-9-12(10-8-11)26-20(28)14-4-2-6-16(24)18(14)22(26)30/h1-10H. The van der Waals surface area contributed by atoms with Crippen molar-refractivity contribution >= 4 is 35.0 Å². The molecule has 4 amide bonds. The van der Waals surface area contributed by atoms with Crippen molar-refractivity contribution in [2.75, 3.05) is 9.80 Å². The highest BCUT2D eigenvalue weighted by Crippen LogP contribution is 2.34. The number of carbonyl (C=O) groups is 4. The van der Waals surface area contributed by atoms with Crippen LogP contribution in [0.1, 0.15) is 41.4 Å². The zero-order valence-corrected chi connectivity index (χ0v) is 15.1. The number of fused-ring (bicyclic) bond motifs is 2. The van der Waals surface area contributed by atoms with Gasteiger partial charge in [-0.2, -0.15) is 0 Å². The average molecular weight is 404 g/mol. The Bertz CT molecular complexity index is 1200. The van der Waals surface area contributed by atoms with E-state index in [0.717, 1.165) is 21.9 Å². The van der Waals surface area contributed by atoms with E-state index in [2.05, 4.69) is 0 Å². The monoisotopic (exact) mass is 404 g/mol. The van der Waals surface area contributed by atoms with Gasteiger partial charge in [0.2, 0.25) is 0 Å². The van der Waals surface area contributed by atoms with E-state index in [1.54, 1.807) is 0 Å². The van der Waals surface area contributed by atoms with Crippen LogP contribution in [0.15, 0.2) is 60.7 Å². The summed E-state index contributed by atoms with van der Waals surface area (Å²) in [6.07, 6.45) is 0. The molecule has 0 N–H and O–H groups in total. The van der Waals surface area contributed by atoms with Crippen LogP contribution in [0.2, 0.25) is 0 Å². The third-order valence-electron chi connectivity index (χ3n) is 5.09. The van der Waals surface area contributed by atoms with Crippen LogP contribution in [0.25, 0.3) is 0 Å². The minimum absolute atomic E-state index is 0.0418. The van der Waals surface area contributed by atoms with Crippen LogP contribution in [-0.4, -0.2) is 23.6 Å². The summed E-state index contributed by atoms with van der Waals surface area (Å²) < 4.78 is 28.0. The van der Waals surface area contributed by atoms with Gasteiger partial charge in [-0.1, -0.05) is 12.1 Å². The van der Waals surface area contributed by atoms with Gasteiger partial charge in [0.25, 0.3) is 23.6 Å². The Balaban J connectivity index is 1.50. The van der Waals surface area contributed by atoms with Gasteiger partial charge in [0.15, 0.2) is 0 Å². The van der Waals surface area contributed by atoms with Gasteiger partial charge in [-0.05, 0) is 48.5 Å². The van der Waals surface area contributed by atoms with Gasteiger partial charge >= 0.3 is 0 Å². The summed E-state index contributed by atoms with van der Waals surface area (Å²) in [7, 11) is 0. The van der Waals surface area contributed by atoms with Crippen molar-refractivity contribution in [2.45, 2.75) is 0 Å². The van der Waals surface area contributed by atoms with E-state index in [9.17, 15) is 28.0 Å². The van der Waals surface area contributed by atoms with Crippen molar-refractivity contribution in [1.82, 2.24) is 0 Å². The number of hydrogen-bond donors (Lipinski definition) is 0. The van der Waals surface area contributed by atoms with Crippen LogP contribution < -0.4 is 9.80 Å². The number of hydrogen-bond acceptors (Lipinski definition) is 4. The molecule has 5 rings (SSSR count). The summed E-state index contributed by atoms with van der Waals surface area (Å²) in [5.74, 6) is -4.54. The smallest absolute Gasteiger partial charge is 0.268 e. The SMILES string of the molecule is O=C1c2cccc(F)c2C(=O)N1c1ccc(N2C(=O)c3cccc(F)c3C2=O)cc1. The van der Waals surface area contributed by atoms with Gasteiger partial charge in [0, 0.05) is 0 Å². The number of benzene rings is 3. The van der Waals surface area contributed by atoms with Crippen molar-refractivity contribution in [3.63, 3.8) is 0 Å². The van der Waals surface area contributed by atoms with Crippen molar-refractivity contribution in [1.29, 1.82) is 0 Å². The van der Waals surface area contributed by atoms with Crippen molar-refractivity contribution in [2.24, 2.45) is 0 Å². The average Bonchev–Trinajstić information content (AvgIpc) is 3.14. The Kier molecular flexibility index (Phi) is 3.66. The summed E-state index contributed by atoms with van der Waals surface area (Å²) in [5, 5.41) is 0. The fourth-order valence-electron chi connectivity index (χ4n) is 3.71. The van der Waals surface area contributed by atoms with Gasteiger partial charge in [-0.25, -0.2) is 18.6 Å². The number of carbonyl (C=O) groups excluding carboxylic acids is 4. The van der Waals surface area contributed by atoms with Crippen LogP contribution >= 0.6 is 0 Å². The second kappa shape index (κ2) is 6.15. The topological polar surface area (TPSA) is 74.8 Å². The number of nitrogens with zero attached hydrogens (tertiary/aromatic N) is 2. The summed E-state index contributed by atoms with van der Waals surface area (Å²) >= 11 is 0. The van der Waals surface area contributed by atoms with Crippen LogP contribution in [0, 0.1) is 11.6 Å². The molecule has 0 saturated heterocycles. The quantitative estimate of drug-likeness (QED) is 0.612. The van der Waals surface area contributed by atoms with Crippen molar-refractivity contribution in [3.05, 3.63) is 94.6 Å². The van der Waals surface area contributed by atoms with Crippen LogP contribution in [0.4, 0.5) is 20.2 Å². The van der Waals surface area contributed by atoms with Gasteiger partial charge < -0.3 is 0 Å². The summed E-state index contributed by atoms with van der Waals surface area (Å²) in [6.45, 7) is 0. The number of anilines is 2. The number of amides is 4. The molecule has 0 fully saturated rings. The third-order valence-corrected chi connectivity index (χ3v) is 5.09. The summed E-state index contributed by atoms with van der Waals surface area (Å²) in [5.41, 5.74) is -0.399. The maximum absolute atomic E-state index is 14.0. The maximum atomic E-state index is 14.0. The Morgan fingerprint density at radius 1 is 0.500 bits per heavy atom. The minimum atomic E-state index is -0.802. The van der Waals surface area contributed by atoms with E-state index in [0.29, 0.717) is 0 Å². The number of halogens is 2. The second-order valence-corrected chi connectivity index (χ2v) is 6.73. The van der Waals surface area contributed by atoms with Gasteiger partial charge in [0.1, 0.15) is 11.6 Å². The molecule has 3 aromatic carbocycles. The Morgan fingerprint density at radius 3 is 1.20 bits per heavy atom. The summed E-state index contributed by atoms with van der Waals surface area (Å²) in [6, 6.07) is 13.0. The summed E-state index contributed by atoms with van der Waals surface area (Å²) in [4.78, 5) is 51.9. The lowest BCUT2D eigenvalue weighted by molar-refractivity contribution is 0.0908.